The van der Waals surface area contributed by atoms with Crippen LogP contribution in [-0.2, 0) is 0 Å². The van der Waals surface area contributed by atoms with Crippen LogP contribution in [0.1, 0.15) is 61.7 Å². The number of amides is 1. The van der Waals surface area contributed by atoms with Gasteiger partial charge in [0.2, 0.25) is 0 Å². The predicted octanol–water partition coefficient (Wildman–Crippen LogP) is 3.00. The molecule has 0 spiro atoms. The molecule has 1 aliphatic heterocycles. The van der Waals surface area contributed by atoms with Crippen molar-refractivity contribution in [3.8, 4) is 0 Å². The zero-order valence-electron chi connectivity index (χ0n) is 15.3. The average molecular weight is 374 g/mol. The van der Waals surface area contributed by atoms with Crippen LogP contribution < -0.4 is 0 Å². The minimum atomic E-state index is -1.12. The number of carbonyl (C=O) groups excluding carboxylic acids is 1. The van der Waals surface area contributed by atoms with Gasteiger partial charge in [-0.1, -0.05) is 11.2 Å². The molecular weight excluding hydrogens is 352 g/mol. The Morgan fingerprint density at radius 3 is 2.19 bits per heavy atom. The Hall–Kier alpha value is -3.16. The van der Waals surface area contributed by atoms with Crippen LogP contribution >= 0.6 is 0 Å². The summed E-state index contributed by atoms with van der Waals surface area (Å²) in [6, 6.07) is 4.01. The average Bonchev–Trinajstić information content (AvgIpc) is 3.08. The third-order valence-electron chi connectivity index (χ3n) is 4.34. The third kappa shape index (κ3) is 5.16. The minimum absolute atomic E-state index is 0.0111. The molecule has 2 N–H and O–H groups in total. The number of hydrogen-bond acceptors (Lipinski definition) is 5. The second-order valence-electron chi connectivity index (χ2n) is 6.29. The molecule has 3 rings (SSSR count). The minimum Gasteiger partial charge on any atom is -0.478 e. The fourth-order valence-electron chi connectivity index (χ4n) is 2.76. The van der Waals surface area contributed by atoms with Crippen LogP contribution in [0.4, 0.5) is 0 Å². The van der Waals surface area contributed by atoms with Crippen LogP contribution in [0.15, 0.2) is 28.9 Å². The zero-order chi connectivity index (χ0) is 20.0. The van der Waals surface area contributed by atoms with E-state index in [1.165, 1.54) is 24.8 Å². The topological polar surface area (TPSA) is 121 Å². The second kappa shape index (κ2) is 8.98. The van der Waals surface area contributed by atoms with Gasteiger partial charge in [-0.3, -0.25) is 4.79 Å². The lowest BCUT2D eigenvalue weighted by Crippen LogP contribution is -2.35. The number of rotatable bonds is 3. The van der Waals surface area contributed by atoms with Gasteiger partial charge >= 0.3 is 11.9 Å². The van der Waals surface area contributed by atoms with Crippen molar-refractivity contribution in [1.82, 2.24) is 10.1 Å². The summed E-state index contributed by atoms with van der Waals surface area (Å²) in [4.78, 5) is 34.9. The molecule has 0 aliphatic carbocycles. The van der Waals surface area contributed by atoms with Crippen molar-refractivity contribution in [3.63, 3.8) is 0 Å². The van der Waals surface area contributed by atoms with Crippen LogP contribution in [-0.4, -0.2) is 51.2 Å². The van der Waals surface area contributed by atoms with Crippen LogP contribution in [0.2, 0.25) is 0 Å². The van der Waals surface area contributed by atoms with Gasteiger partial charge in [0.15, 0.2) is 0 Å². The van der Waals surface area contributed by atoms with Crippen LogP contribution in [0, 0.1) is 13.8 Å². The first-order chi connectivity index (χ1) is 12.8. The van der Waals surface area contributed by atoms with E-state index in [-0.39, 0.29) is 17.0 Å². The largest absolute Gasteiger partial charge is 0.478 e. The number of aromatic nitrogens is 1. The van der Waals surface area contributed by atoms with Crippen LogP contribution in [0.5, 0.6) is 0 Å². The molecule has 0 atom stereocenters. The number of likely N-dealkylation sites (tertiary alicyclic amines) is 1. The molecule has 1 saturated heterocycles. The molecular formula is C19H22N2O6. The van der Waals surface area contributed by atoms with E-state index in [0.29, 0.717) is 16.9 Å². The number of piperidine rings is 1. The summed E-state index contributed by atoms with van der Waals surface area (Å²) in [6.45, 7) is 5.12. The van der Waals surface area contributed by atoms with Gasteiger partial charge in [0.05, 0.1) is 17.3 Å². The van der Waals surface area contributed by atoms with Crippen LogP contribution in [0.3, 0.4) is 0 Å². The molecule has 0 bridgehead atoms. The summed E-state index contributed by atoms with van der Waals surface area (Å²) in [5.74, 6) is -1.56. The van der Waals surface area contributed by atoms with E-state index >= 15 is 0 Å². The summed E-state index contributed by atoms with van der Waals surface area (Å²) in [5.41, 5.74) is 1.17. The highest BCUT2D eigenvalue weighted by Crippen LogP contribution is 2.15. The highest BCUT2D eigenvalue weighted by Gasteiger charge is 2.21. The number of benzene rings is 1. The molecule has 0 unspecified atom stereocenters. The molecule has 8 nitrogen and oxygen atoms in total. The van der Waals surface area contributed by atoms with Gasteiger partial charge in [0, 0.05) is 13.1 Å². The molecule has 144 valence electrons. The molecule has 1 aromatic heterocycles. The number of aromatic carboxylic acids is 2. The summed E-state index contributed by atoms with van der Waals surface area (Å²) in [5, 5.41) is 20.9. The maximum atomic E-state index is 11.9. The molecule has 1 aromatic carbocycles. The Kier molecular flexibility index (Phi) is 6.70. The summed E-state index contributed by atoms with van der Waals surface area (Å²) in [6.07, 6.45) is 4.95. The first-order valence-corrected chi connectivity index (χ1v) is 8.59. The number of hydrogen-bond donors (Lipinski definition) is 2. The molecule has 0 radical (unpaired) electrons. The summed E-state index contributed by atoms with van der Waals surface area (Å²) >= 11 is 0. The Morgan fingerprint density at radius 1 is 1.00 bits per heavy atom. The Balaban J connectivity index is 0.000000194. The quantitative estimate of drug-likeness (QED) is 0.847. The first-order valence-electron chi connectivity index (χ1n) is 8.59. The molecule has 27 heavy (non-hydrogen) atoms. The lowest BCUT2D eigenvalue weighted by atomic mass is 10.1. The fraction of sp³-hybridized carbons (Fsp3) is 0.368. The van der Waals surface area contributed by atoms with E-state index in [0.717, 1.165) is 32.0 Å². The number of carbonyl (C=O) groups is 3. The van der Waals surface area contributed by atoms with Crippen molar-refractivity contribution < 1.29 is 29.1 Å². The van der Waals surface area contributed by atoms with Gasteiger partial charge in [-0.15, -0.1) is 0 Å². The first kappa shape index (κ1) is 20.2. The normalized spacial score (nSPS) is 13.5. The monoisotopic (exact) mass is 374 g/mol. The van der Waals surface area contributed by atoms with E-state index in [2.05, 4.69) is 5.16 Å². The van der Waals surface area contributed by atoms with Crippen molar-refractivity contribution in [2.45, 2.75) is 33.1 Å². The number of carboxylic acid groups (broad SMARTS) is 2. The fourth-order valence-corrected chi connectivity index (χ4v) is 2.76. The van der Waals surface area contributed by atoms with E-state index < -0.39 is 11.9 Å². The maximum absolute atomic E-state index is 11.9. The SMILES string of the molecule is Cc1ccc(C(=O)O)cc1C(=O)O.Cc1oncc1C(=O)N1CCCCC1. The van der Waals surface area contributed by atoms with Crippen LogP contribution in [0.25, 0.3) is 0 Å². The number of nitrogens with zero attached hydrogens (tertiary/aromatic N) is 2. The third-order valence-corrected chi connectivity index (χ3v) is 4.34. The van der Waals surface area contributed by atoms with Gasteiger partial charge < -0.3 is 19.6 Å². The summed E-state index contributed by atoms with van der Waals surface area (Å²) in [7, 11) is 0. The molecule has 1 aliphatic rings. The molecule has 0 saturated carbocycles. The van der Waals surface area contributed by atoms with Gasteiger partial charge in [-0.25, -0.2) is 9.59 Å². The van der Waals surface area contributed by atoms with Gasteiger partial charge in [0.25, 0.3) is 5.91 Å². The molecule has 2 aromatic rings. The van der Waals surface area contributed by atoms with E-state index in [9.17, 15) is 14.4 Å². The number of carboxylic acids is 2. The van der Waals surface area contributed by atoms with Gasteiger partial charge in [-0.2, -0.15) is 0 Å². The maximum Gasteiger partial charge on any atom is 0.335 e. The Morgan fingerprint density at radius 2 is 1.67 bits per heavy atom. The predicted molar refractivity (Wildman–Crippen MR) is 96.1 cm³/mol. The van der Waals surface area contributed by atoms with Crippen molar-refractivity contribution >= 4 is 17.8 Å². The van der Waals surface area contributed by atoms with Gasteiger partial charge in [-0.05, 0) is 50.8 Å². The second-order valence-corrected chi connectivity index (χ2v) is 6.29. The molecule has 1 amide bonds. The zero-order valence-corrected chi connectivity index (χ0v) is 15.3. The number of aryl methyl sites for hydroxylation is 2. The highest BCUT2D eigenvalue weighted by atomic mass is 16.5. The van der Waals surface area contributed by atoms with Crippen molar-refractivity contribution in [2.24, 2.45) is 0 Å². The van der Waals surface area contributed by atoms with E-state index in [4.69, 9.17) is 14.7 Å². The van der Waals surface area contributed by atoms with E-state index in [1.54, 1.807) is 13.8 Å². The molecule has 1 fully saturated rings. The lowest BCUT2D eigenvalue weighted by Gasteiger charge is -2.26. The van der Waals surface area contributed by atoms with Crippen molar-refractivity contribution in [3.05, 3.63) is 52.4 Å². The Labute approximate surface area is 156 Å². The smallest absolute Gasteiger partial charge is 0.335 e. The summed E-state index contributed by atoms with van der Waals surface area (Å²) < 4.78 is 4.88. The van der Waals surface area contributed by atoms with Gasteiger partial charge in [0.1, 0.15) is 11.3 Å². The van der Waals surface area contributed by atoms with Crippen molar-refractivity contribution in [1.29, 1.82) is 0 Å². The molecule has 8 heteroatoms. The Bertz CT molecular complexity index is 836. The lowest BCUT2D eigenvalue weighted by molar-refractivity contribution is 0.0692. The van der Waals surface area contributed by atoms with Crippen molar-refractivity contribution in [2.75, 3.05) is 13.1 Å². The highest BCUT2D eigenvalue weighted by molar-refractivity contribution is 5.95. The standard InChI is InChI=1S/C10H14N2O2.C9H8O4/c1-8-9(7-11-14-8)10(13)12-5-3-2-4-6-12;1-5-2-3-6(8(10)11)4-7(5)9(12)13/h7H,2-6H2,1H3;2-4H,1H3,(H,10,11)(H,12,13). The molecule has 2 heterocycles. The van der Waals surface area contributed by atoms with E-state index in [1.807, 2.05) is 4.90 Å².